The first-order chi connectivity index (χ1) is 7.52. The Bertz CT molecular complexity index is 359. The molecule has 4 heteroatoms. The molecule has 0 aliphatic carbocycles. The fraction of sp³-hybridized carbons (Fsp3) is 0.417. The van der Waals surface area contributed by atoms with E-state index in [1.54, 1.807) is 12.1 Å². The van der Waals surface area contributed by atoms with Gasteiger partial charge in [-0.3, -0.25) is 4.79 Å². The number of nitrogens with two attached hydrogens (primary N) is 1. The van der Waals surface area contributed by atoms with Crippen molar-refractivity contribution in [3.8, 4) is 0 Å². The Hall–Kier alpha value is -1.06. The third-order valence-electron chi connectivity index (χ3n) is 2.35. The molecule has 0 aliphatic heterocycles. The molecule has 1 aromatic carbocycles. The third kappa shape index (κ3) is 3.83. The molecule has 1 amide bonds. The highest BCUT2D eigenvalue weighted by Gasteiger charge is 2.08. The summed E-state index contributed by atoms with van der Waals surface area (Å²) in [5.74, 6) is -0.130. The predicted molar refractivity (Wildman–Crippen MR) is 66.8 cm³/mol. The highest BCUT2D eigenvalue weighted by atomic mass is 35.5. The average Bonchev–Trinajstić information content (AvgIpc) is 2.23. The molecule has 16 heavy (non-hydrogen) atoms. The zero-order valence-corrected chi connectivity index (χ0v) is 10.3. The van der Waals surface area contributed by atoms with Gasteiger partial charge in [-0.1, -0.05) is 18.5 Å². The maximum absolute atomic E-state index is 11.7. The minimum Gasteiger partial charge on any atom is -0.350 e. The van der Waals surface area contributed by atoms with Crippen molar-refractivity contribution in [2.45, 2.75) is 26.3 Å². The molecule has 0 bridgehead atoms. The van der Waals surface area contributed by atoms with Gasteiger partial charge in [0.15, 0.2) is 0 Å². The second-order valence-electron chi connectivity index (χ2n) is 3.90. The lowest BCUT2D eigenvalue weighted by Gasteiger charge is -2.10. The molecule has 1 rings (SSSR count). The van der Waals surface area contributed by atoms with E-state index in [9.17, 15) is 4.79 Å². The summed E-state index contributed by atoms with van der Waals surface area (Å²) < 4.78 is 0. The van der Waals surface area contributed by atoms with Crippen LogP contribution in [0.2, 0.25) is 5.02 Å². The van der Waals surface area contributed by atoms with E-state index in [1.165, 1.54) is 0 Å². The van der Waals surface area contributed by atoms with Gasteiger partial charge in [0.2, 0.25) is 0 Å². The summed E-state index contributed by atoms with van der Waals surface area (Å²) in [6, 6.07) is 5.28. The monoisotopic (exact) mass is 240 g/mol. The van der Waals surface area contributed by atoms with E-state index >= 15 is 0 Å². The first kappa shape index (κ1) is 13.0. The van der Waals surface area contributed by atoms with Crippen molar-refractivity contribution >= 4 is 17.5 Å². The van der Waals surface area contributed by atoms with Gasteiger partial charge in [-0.15, -0.1) is 0 Å². The summed E-state index contributed by atoms with van der Waals surface area (Å²) in [6.07, 6.45) is 0.842. The van der Waals surface area contributed by atoms with E-state index in [2.05, 4.69) is 5.32 Å². The van der Waals surface area contributed by atoms with Crippen molar-refractivity contribution in [1.82, 2.24) is 5.32 Å². The van der Waals surface area contributed by atoms with Crippen molar-refractivity contribution in [1.29, 1.82) is 0 Å². The van der Waals surface area contributed by atoms with E-state index in [0.29, 0.717) is 17.1 Å². The summed E-state index contributed by atoms with van der Waals surface area (Å²) in [7, 11) is 0. The molecule has 1 aromatic rings. The van der Waals surface area contributed by atoms with Crippen LogP contribution in [-0.2, 0) is 0 Å². The highest BCUT2D eigenvalue weighted by molar-refractivity contribution is 6.31. The number of rotatable bonds is 4. The molecular weight excluding hydrogens is 224 g/mol. The number of nitrogens with one attached hydrogen (secondary N) is 1. The molecule has 3 N–H and O–H groups in total. The van der Waals surface area contributed by atoms with Gasteiger partial charge in [-0.2, -0.15) is 0 Å². The number of hydrogen-bond donors (Lipinski definition) is 2. The second-order valence-corrected chi connectivity index (χ2v) is 4.33. The molecule has 0 saturated heterocycles. The summed E-state index contributed by atoms with van der Waals surface area (Å²) in [4.78, 5) is 11.7. The fourth-order valence-corrected chi connectivity index (χ4v) is 1.63. The molecule has 88 valence electrons. The first-order valence-electron chi connectivity index (χ1n) is 5.34. The predicted octanol–water partition coefficient (Wildman–Crippen LogP) is 2.12. The standard InChI is InChI=1S/C12H17ClN2O/c1-3-11(14)7-15-12(16)9-4-8(2)5-10(13)6-9/h4-6,11H,3,7,14H2,1-2H3,(H,15,16). The molecule has 0 spiro atoms. The Morgan fingerprint density at radius 1 is 1.50 bits per heavy atom. The quantitative estimate of drug-likeness (QED) is 0.847. The van der Waals surface area contributed by atoms with Crippen molar-refractivity contribution < 1.29 is 4.79 Å². The van der Waals surface area contributed by atoms with Crippen LogP contribution in [-0.4, -0.2) is 18.5 Å². The molecule has 0 saturated carbocycles. The SMILES string of the molecule is CCC(N)CNC(=O)c1cc(C)cc(Cl)c1. The Kier molecular flexibility index (Phi) is 4.77. The van der Waals surface area contributed by atoms with E-state index in [-0.39, 0.29) is 11.9 Å². The summed E-state index contributed by atoms with van der Waals surface area (Å²) >= 11 is 5.88. The van der Waals surface area contributed by atoms with Gasteiger partial charge in [0.1, 0.15) is 0 Å². The minimum atomic E-state index is -0.130. The van der Waals surface area contributed by atoms with Gasteiger partial charge in [0.05, 0.1) is 0 Å². The number of aryl methyl sites for hydroxylation is 1. The molecule has 3 nitrogen and oxygen atoms in total. The summed E-state index contributed by atoms with van der Waals surface area (Å²) in [6.45, 7) is 4.38. The van der Waals surface area contributed by atoms with Crippen molar-refractivity contribution in [2.24, 2.45) is 5.73 Å². The summed E-state index contributed by atoms with van der Waals surface area (Å²) in [5, 5.41) is 3.36. The van der Waals surface area contributed by atoms with E-state index in [0.717, 1.165) is 12.0 Å². The summed E-state index contributed by atoms with van der Waals surface area (Å²) in [5.41, 5.74) is 7.27. The lowest BCUT2D eigenvalue weighted by Crippen LogP contribution is -2.36. The van der Waals surface area contributed by atoms with Gasteiger partial charge < -0.3 is 11.1 Å². The van der Waals surface area contributed by atoms with Gasteiger partial charge in [-0.25, -0.2) is 0 Å². The number of amides is 1. The Morgan fingerprint density at radius 3 is 2.75 bits per heavy atom. The van der Waals surface area contributed by atoms with Crippen LogP contribution in [0.3, 0.4) is 0 Å². The van der Waals surface area contributed by atoms with Gasteiger partial charge in [0, 0.05) is 23.2 Å². The lowest BCUT2D eigenvalue weighted by atomic mass is 10.1. The number of carbonyl (C=O) groups is 1. The lowest BCUT2D eigenvalue weighted by molar-refractivity contribution is 0.0951. The van der Waals surface area contributed by atoms with E-state index in [1.807, 2.05) is 19.9 Å². The smallest absolute Gasteiger partial charge is 0.251 e. The van der Waals surface area contributed by atoms with E-state index < -0.39 is 0 Å². The zero-order valence-electron chi connectivity index (χ0n) is 9.59. The van der Waals surface area contributed by atoms with Crippen LogP contribution in [0.4, 0.5) is 0 Å². The number of benzene rings is 1. The van der Waals surface area contributed by atoms with Crippen LogP contribution in [0.25, 0.3) is 0 Å². The first-order valence-corrected chi connectivity index (χ1v) is 5.71. The maximum atomic E-state index is 11.7. The second kappa shape index (κ2) is 5.87. The van der Waals surface area contributed by atoms with Crippen LogP contribution in [0.1, 0.15) is 29.3 Å². The van der Waals surface area contributed by atoms with Crippen LogP contribution < -0.4 is 11.1 Å². The normalized spacial score (nSPS) is 12.2. The maximum Gasteiger partial charge on any atom is 0.251 e. The Labute approximate surface area is 101 Å². The number of halogens is 1. The molecular formula is C12H17ClN2O. The van der Waals surface area contributed by atoms with Crippen molar-refractivity contribution in [3.63, 3.8) is 0 Å². The minimum absolute atomic E-state index is 0.00392. The van der Waals surface area contributed by atoms with E-state index in [4.69, 9.17) is 17.3 Å². The van der Waals surface area contributed by atoms with Gasteiger partial charge in [0.25, 0.3) is 5.91 Å². The Morgan fingerprint density at radius 2 is 2.19 bits per heavy atom. The molecule has 0 aromatic heterocycles. The molecule has 0 heterocycles. The highest BCUT2D eigenvalue weighted by Crippen LogP contribution is 2.14. The average molecular weight is 241 g/mol. The number of carbonyl (C=O) groups excluding carboxylic acids is 1. The molecule has 1 unspecified atom stereocenters. The largest absolute Gasteiger partial charge is 0.350 e. The zero-order chi connectivity index (χ0) is 12.1. The Balaban J connectivity index is 2.66. The van der Waals surface area contributed by atoms with Crippen LogP contribution >= 0.6 is 11.6 Å². The van der Waals surface area contributed by atoms with Crippen LogP contribution in [0, 0.1) is 6.92 Å². The molecule has 0 fully saturated rings. The topological polar surface area (TPSA) is 55.1 Å². The molecule has 0 aliphatic rings. The van der Waals surface area contributed by atoms with Gasteiger partial charge in [-0.05, 0) is 37.1 Å². The molecule has 1 atom stereocenters. The fourth-order valence-electron chi connectivity index (χ4n) is 1.34. The molecule has 0 radical (unpaired) electrons. The van der Waals surface area contributed by atoms with Crippen molar-refractivity contribution in [3.05, 3.63) is 34.3 Å². The third-order valence-corrected chi connectivity index (χ3v) is 2.57. The van der Waals surface area contributed by atoms with Crippen LogP contribution in [0.5, 0.6) is 0 Å². The van der Waals surface area contributed by atoms with Crippen molar-refractivity contribution in [2.75, 3.05) is 6.54 Å². The van der Waals surface area contributed by atoms with Gasteiger partial charge >= 0.3 is 0 Å². The number of hydrogen-bond acceptors (Lipinski definition) is 2. The van der Waals surface area contributed by atoms with Crippen LogP contribution in [0.15, 0.2) is 18.2 Å².